The molecule has 4 nitrogen and oxygen atoms in total. The molecule has 2 aromatic rings. The van der Waals surface area contributed by atoms with Crippen molar-refractivity contribution in [3.63, 3.8) is 0 Å². The van der Waals surface area contributed by atoms with Crippen LogP contribution in [0, 0.1) is 31.0 Å². The summed E-state index contributed by atoms with van der Waals surface area (Å²) in [5, 5.41) is 11.9. The molecule has 0 spiro atoms. The summed E-state index contributed by atoms with van der Waals surface area (Å²) >= 11 is 5.98. The first-order chi connectivity index (χ1) is 9.01. The number of aryl methyl sites for hydroxylation is 2. The highest BCUT2D eigenvalue weighted by atomic mass is 35.5. The number of nitrogens with zero attached hydrogens (tertiary/aromatic N) is 3. The Labute approximate surface area is 114 Å². The van der Waals surface area contributed by atoms with Gasteiger partial charge < -0.3 is 5.32 Å². The number of aromatic nitrogens is 2. The Morgan fingerprint density at radius 3 is 2.63 bits per heavy atom. The Morgan fingerprint density at radius 1 is 1.26 bits per heavy atom. The van der Waals surface area contributed by atoms with Crippen LogP contribution in [0.1, 0.15) is 17.0 Å². The van der Waals surface area contributed by atoms with Crippen LogP contribution in [0.15, 0.2) is 18.2 Å². The van der Waals surface area contributed by atoms with Gasteiger partial charge in [-0.2, -0.15) is 5.26 Å². The predicted molar refractivity (Wildman–Crippen MR) is 70.9 cm³/mol. The minimum absolute atomic E-state index is 0.0436. The van der Waals surface area contributed by atoms with Crippen LogP contribution in [0.3, 0.4) is 0 Å². The lowest BCUT2D eigenvalue weighted by Crippen LogP contribution is -2.01. The highest BCUT2D eigenvalue weighted by molar-refractivity contribution is 6.31. The van der Waals surface area contributed by atoms with E-state index in [1.165, 1.54) is 18.2 Å². The lowest BCUT2D eigenvalue weighted by Gasteiger charge is -2.09. The fraction of sp³-hybridized carbons (Fsp3) is 0.154. The number of hydrogen-bond donors (Lipinski definition) is 1. The maximum Gasteiger partial charge on any atom is 0.172 e. The van der Waals surface area contributed by atoms with Crippen LogP contribution in [0.2, 0.25) is 5.15 Å². The second kappa shape index (κ2) is 5.21. The van der Waals surface area contributed by atoms with Gasteiger partial charge in [0.1, 0.15) is 11.9 Å². The van der Waals surface area contributed by atoms with Crippen molar-refractivity contribution in [2.45, 2.75) is 13.8 Å². The second-order valence-electron chi connectivity index (χ2n) is 3.97. The van der Waals surface area contributed by atoms with Crippen LogP contribution in [0.5, 0.6) is 0 Å². The van der Waals surface area contributed by atoms with E-state index in [1.807, 2.05) is 13.8 Å². The summed E-state index contributed by atoms with van der Waals surface area (Å²) in [6, 6.07) is 5.88. The Morgan fingerprint density at radius 2 is 1.95 bits per heavy atom. The smallest absolute Gasteiger partial charge is 0.172 e. The molecule has 19 heavy (non-hydrogen) atoms. The summed E-state index contributed by atoms with van der Waals surface area (Å²) in [6.07, 6.45) is 0. The van der Waals surface area contributed by atoms with Gasteiger partial charge in [-0.3, -0.25) is 0 Å². The summed E-state index contributed by atoms with van der Waals surface area (Å²) < 4.78 is 13.2. The van der Waals surface area contributed by atoms with Crippen molar-refractivity contribution in [3.05, 3.63) is 46.1 Å². The molecule has 0 aliphatic heterocycles. The molecule has 0 aliphatic rings. The van der Waals surface area contributed by atoms with Crippen LogP contribution in [-0.2, 0) is 0 Å². The number of anilines is 2. The predicted octanol–water partition coefficient (Wildman–Crippen LogP) is 3.50. The van der Waals surface area contributed by atoms with Gasteiger partial charge in [0.15, 0.2) is 11.0 Å². The fourth-order valence-corrected chi connectivity index (χ4v) is 1.70. The van der Waals surface area contributed by atoms with Gasteiger partial charge in [-0.05, 0) is 32.0 Å². The number of hydrogen-bond acceptors (Lipinski definition) is 4. The molecule has 1 aromatic carbocycles. The molecule has 96 valence electrons. The number of nitriles is 1. The van der Waals surface area contributed by atoms with Crippen molar-refractivity contribution in [2.75, 3.05) is 5.32 Å². The lowest BCUT2D eigenvalue weighted by atomic mass is 10.2. The van der Waals surface area contributed by atoms with E-state index in [1.54, 1.807) is 6.07 Å². The third kappa shape index (κ3) is 2.80. The van der Waals surface area contributed by atoms with E-state index in [-0.39, 0.29) is 10.7 Å². The lowest BCUT2D eigenvalue weighted by molar-refractivity contribution is 0.624. The standard InChI is InChI=1S/C13H10ClFN4/c1-7-8(2)18-13(12(14)17-7)19-10-3-4-11(15)9(5-10)6-16/h3-5H,1-2H3,(H,18,19). The molecule has 1 aromatic heterocycles. The number of nitrogens with one attached hydrogen (secondary N) is 1. The molecule has 0 saturated carbocycles. The number of rotatable bonds is 2. The third-order valence-corrected chi connectivity index (χ3v) is 2.88. The third-order valence-electron chi connectivity index (χ3n) is 2.61. The highest BCUT2D eigenvalue weighted by Crippen LogP contribution is 2.24. The molecule has 0 amide bonds. The van der Waals surface area contributed by atoms with Gasteiger partial charge in [0.2, 0.25) is 0 Å². The molecule has 0 radical (unpaired) electrons. The first kappa shape index (κ1) is 13.2. The maximum atomic E-state index is 13.2. The van der Waals surface area contributed by atoms with E-state index >= 15 is 0 Å². The van der Waals surface area contributed by atoms with Crippen LogP contribution in [-0.4, -0.2) is 9.97 Å². The van der Waals surface area contributed by atoms with Gasteiger partial charge in [0.25, 0.3) is 0 Å². The van der Waals surface area contributed by atoms with Crippen molar-refractivity contribution in [1.29, 1.82) is 5.26 Å². The van der Waals surface area contributed by atoms with Crippen LogP contribution in [0.4, 0.5) is 15.9 Å². The largest absolute Gasteiger partial charge is 0.338 e. The first-order valence-corrected chi connectivity index (χ1v) is 5.86. The quantitative estimate of drug-likeness (QED) is 0.912. The molecule has 2 rings (SSSR count). The Hall–Kier alpha value is -2.19. The van der Waals surface area contributed by atoms with Gasteiger partial charge >= 0.3 is 0 Å². The topological polar surface area (TPSA) is 61.6 Å². The Bertz CT molecular complexity index is 679. The van der Waals surface area contributed by atoms with Crippen molar-refractivity contribution in [1.82, 2.24) is 9.97 Å². The number of halogens is 2. The van der Waals surface area contributed by atoms with Gasteiger partial charge in [0, 0.05) is 5.69 Å². The molecule has 6 heteroatoms. The molecular weight excluding hydrogens is 267 g/mol. The van der Waals surface area contributed by atoms with E-state index in [0.717, 1.165) is 11.4 Å². The van der Waals surface area contributed by atoms with E-state index in [9.17, 15) is 4.39 Å². The molecule has 1 heterocycles. The monoisotopic (exact) mass is 276 g/mol. The zero-order valence-corrected chi connectivity index (χ0v) is 11.1. The number of benzene rings is 1. The fourth-order valence-electron chi connectivity index (χ4n) is 1.48. The van der Waals surface area contributed by atoms with Gasteiger partial charge in [-0.25, -0.2) is 14.4 Å². The molecule has 0 fully saturated rings. The van der Waals surface area contributed by atoms with E-state index in [0.29, 0.717) is 11.5 Å². The molecule has 0 saturated heterocycles. The molecule has 0 bridgehead atoms. The van der Waals surface area contributed by atoms with Crippen molar-refractivity contribution in [2.24, 2.45) is 0 Å². The van der Waals surface area contributed by atoms with Crippen molar-refractivity contribution >= 4 is 23.1 Å². The summed E-state index contributed by atoms with van der Waals surface area (Å²) in [4.78, 5) is 8.39. The zero-order chi connectivity index (χ0) is 14.0. The van der Waals surface area contributed by atoms with Crippen LogP contribution >= 0.6 is 11.6 Å². The summed E-state index contributed by atoms with van der Waals surface area (Å²) in [6.45, 7) is 3.62. The molecule has 0 aliphatic carbocycles. The Balaban J connectivity index is 2.37. The van der Waals surface area contributed by atoms with Gasteiger partial charge in [-0.1, -0.05) is 11.6 Å². The molecular formula is C13H10ClFN4. The molecule has 0 atom stereocenters. The first-order valence-electron chi connectivity index (χ1n) is 5.48. The average molecular weight is 277 g/mol. The second-order valence-corrected chi connectivity index (χ2v) is 4.32. The molecule has 0 unspecified atom stereocenters. The van der Waals surface area contributed by atoms with E-state index in [2.05, 4.69) is 15.3 Å². The highest BCUT2D eigenvalue weighted by Gasteiger charge is 2.09. The maximum absolute atomic E-state index is 13.2. The van der Waals surface area contributed by atoms with Crippen molar-refractivity contribution in [3.8, 4) is 6.07 Å². The average Bonchev–Trinajstić information content (AvgIpc) is 2.38. The summed E-state index contributed by atoms with van der Waals surface area (Å²) in [5.41, 5.74) is 1.97. The normalized spacial score (nSPS) is 10.1. The summed E-state index contributed by atoms with van der Waals surface area (Å²) in [7, 11) is 0. The van der Waals surface area contributed by atoms with Crippen molar-refractivity contribution < 1.29 is 4.39 Å². The Kier molecular flexibility index (Phi) is 3.63. The SMILES string of the molecule is Cc1nc(Cl)c(Nc2ccc(F)c(C#N)c2)nc1C. The van der Waals surface area contributed by atoms with Crippen LogP contribution in [0.25, 0.3) is 0 Å². The molecule has 1 N–H and O–H groups in total. The zero-order valence-electron chi connectivity index (χ0n) is 10.3. The minimum atomic E-state index is -0.565. The van der Waals surface area contributed by atoms with Gasteiger partial charge in [-0.15, -0.1) is 0 Å². The van der Waals surface area contributed by atoms with Crippen LogP contribution < -0.4 is 5.32 Å². The minimum Gasteiger partial charge on any atom is -0.338 e. The summed E-state index contributed by atoms with van der Waals surface area (Å²) in [5.74, 6) is -0.189. The van der Waals surface area contributed by atoms with E-state index in [4.69, 9.17) is 16.9 Å². The van der Waals surface area contributed by atoms with E-state index < -0.39 is 5.82 Å². The van der Waals surface area contributed by atoms with Gasteiger partial charge in [0.05, 0.1) is 17.0 Å².